The van der Waals surface area contributed by atoms with Gasteiger partial charge in [-0.15, -0.1) is 0 Å². The molecule has 0 spiro atoms. The number of aromatic hydroxyl groups is 1. The van der Waals surface area contributed by atoms with E-state index in [1.807, 2.05) is 0 Å². The summed E-state index contributed by atoms with van der Waals surface area (Å²) < 4.78 is 13.6. The molecule has 2 rings (SSSR count). The van der Waals surface area contributed by atoms with Gasteiger partial charge < -0.3 is 5.11 Å². The van der Waals surface area contributed by atoms with Crippen molar-refractivity contribution in [3.63, 3.8) is 0 Å². The van der Waals surface area contributed by atoms with E-state index in [1.54, 1.807) is 0 Å². The van der Waals surface area contributed by atoms with Crippen molar-refractivity contribution in [2.24, 2.45) is 0 Å². The molecule has 0 atom stereocenters. The first-order chi connectivity index (χ1) is 8.09. The van der Waals surface area contributed by atoms with Gasteiger partial charge in [-0.1, -0.05) is 0 Å². The summed E-state index contributed by atoms with van der Waals surface area (Å²) in [6.07, 6.45) is 1.76. The van der Waals surface area contributed by atoms with Gasteiger partial charge in [-0.25, -0.2) is 9.29 Å². The van der Waals surface area contributed by atoms with Crippen molar-refractivity contribution >= 4 is 17.5 Å². The van der Waals surface area contributed by atoms with Gasteiger partial charge in [0, 0.05) is 18.9 Å². The summed E-state index contributed by atoms with van der Waals surface area (Å²) >= 11 is 0. The van der Waals surface area contributed by atoms with Crippen molar-refractivity contribution in [1.82, 2.24) is 0 Å². The van der Waals surface area contributed by atoms with Crippen molar-refractivity contribution in [2.45, 2.75) is 25.7 Å². The van der Waals surface area contributed by atoms with Gasteiger partial charge in [0.15, 0.2) is 5.82 Å². The fourth-order valence-corrected chi connectivity index (χ4v) is 1.86. The van der Waals surface area contributed by atoms with Crippen LogP contribution in [0.25, 0.3) is 0 Å². The van der Waals surface area contributed by atoms with Crippen molar-refractivity contribution in [2.75, 3.05) is 4.90 Å². The number of benzene rings is 1. The Balaban J connectivity index is 2.41. The minimum Gasteiger partial charge on any atom is -0.508 e. The summed E-state index contributed by atoms with van der Waals surface area (Å²) in [4.78, 5) is 24.4. The molecule has 5 heteroatoms. The van der Waals surface area contributed by atoms with E-state index in [4.69, 9.17) is 5.11 Å². The van der Waals surface area contributed by atoms with E-state index in [2.05, 4.69) is 0 Å². The highest BCUT2D eigenvalue weighted by molar-refractivity contribution is 6.15. The van der Waals surface area contributed by atoms with E-state index in [9.17, 15) is 14.0 Å². The zero-order chi connectivity index (χ0) is 12.4. The van der Waals surface area contributed by atoms with Gasteiger partial charge in [-0.05, 0) is 25.0 Å². The maximum atomic E-state index is 13.6. The fraction of sp³-hybridized carbons (Fsp3) is 0.333. The van der Waals surface area contributed by atoms with Crippen LogP contribution in [0.5, 0.6) is 5.75 Å². The Hall–Kier alpha value is -1.91. The highest BCUT2D eigenvalue weighted by atomic mass is 19.1. The number of nitrogens with zero attached hydrogens (tertiary/aromatic N) is 1. The van der Waals surface area contributed by atoms with Crippen molar-refractivity contribution in [3.8, 4) is 5.75 Å². The summed E-state index contributed by atoms with van der Waals surface area (Å²) in [7, 11) is 0. The number of hydrogen-bond donors (Lipinski definition) is 1. The normalized spacial score (nSPS) is 17.1. The maximum Gasteiger partial charge on any atom is 0.233 e. The van der Waals surface area contributed by atoms with E-state index < -0.39 is 17.6 Å². The Bertz CT molecular complexity index is 455. The first-order valence-corrected chi connectivity index (χ1v) is 5.44. The van der Waals surface area contributed by atoms with Crippen LogP contribution in [0.15, 0.2) is 18.2 Å². The molecular weight excluding hydrogens is 225 g/mol. The standard InChI is InChI=1S/C12H12FNO3/c13-9-7-8(15)5-6-10(9)14-11(16)3-1-2-4-12(14)17/h5-7,15H,1-4H2. The Morgan fingerprint density at radius 1 is 1.12 bits per heavy atom. The Morgan fingerprint density at radius 2 is 1.71 bits per heavy atom. The largest absolute Gasteiger partial charge is 0.508 e. The number of amides is 2. The molecule has 1 N–H and O–H groups in total. The first kappa shape index (κ1) is 11.6. The highest BCUT2D eigenvalue weighted by Crippen LogP contribution is 2.26. The predicted octanol–water partition coefficient (Wildman–Crippen LogP) is 1.96. The number of hydrogen-bond acceptors (Lipinski definition) is 3. The molecule has 1 fully saturated rings. The molecule has 1 aliphatic heterocycles. The lowest BCUT2D eigenvalue weighted by Crippen LogP contribution is -2.35. The van der Waals surface area contributed by atoms with E-state index in [0.717, 1.165) is 11.0 Å². The third-order valence-electron chi connectivity index (χ3n) is 2.70. The number of imide groups is 1. The molecule has 1 aromatic rings. The number of carbonyl (C=O) groups excluding carboxylic acids is 2. The second-order valence-corrected chi connectivity index (χ2v) is 3.97. The SMILES string of the molecule is O=C1CCCCC(=O)N1c1ccc(O)cc1F. The number of anilines is 1. The fourth-order valence-electron chi connectivity index (χ4n) is 1.86. The molecule has 17 heavy (non-hydrogen) atoms. The zero-order valence-corrected chi connectivity index (χ0v) is 9.15. The zero-order valence-electron chi connectivity index (χ0n) is 9.15. The molecule has 4 nitrogen and oxygen atoms in total. The molecule has 2 amide bonds. The third-order valence-corrected chi connectivity index (χ3v) is 2.70. The molecular formula is C12H12FNO3. The van der Waals surface area contributed by atoms with Crippen LogP contribution in [0.2, 0.25) is 0 Å². The van der Waals surface area contributed by atoms with Crippen molar-refractivity contribution in [1.29, 1.82) is 0 Å². The summed E-state index contributed by atoms with van der Waals surface area (Å²) in [5, 5.41) is 9.09. The van der Waals surface area contributed by atoms with Crippen LogP contribution >= 0.6 is 0 Å². The maximum absolute atomic E-state index is 13.6. The van der Waals surface area contributed by atoms with Crippen molar-refractivity contribution in [3.05, 3.63) is 24.0 Å². The van der Waals surface area contributed by atoms with Gasteiger partial charge in [0.25, 0.3) is 0 Å². The Labute approximate surface area is 97.7 Å². The molecule has 0 aliphatic carbocycles. The van der Waals surface area contributed by atoms with E-state index in [-0.39, 0.29) is 24.3 Å². The summed E-state index contributed by atoms with van der Waals surface area (Å²) in [6.45, 7) is 0. The number of rotatable bonds is 1. The number of carbonyl (C=O) groups is 2. The number of phenolic OH excluding ortho intramolecular Hbond substituents is 1. The quantitative estimate of drug-likeness (QED) is 0.759. The van der Waals surface area contributed by atoms with Crippen LogP contribution in [-0.4, -0.2) is 16.9 Å². The number of phenols is 1. The summed E-state index contributed by atoms with van der Waals surface area (Å²) in [6, 6.07) is 3.39. The number of halogens is 1. The van der Waals surface area contributed by atoms with Crippen LogP contribution in [-0.2, 0) is 9.59 Å². The lowest BCUT2D eigenvalue weighted by atomic mass is 10.2. The average molecular weight is 237 g/mol. The molecule has 1 aromatic carbocycles. The second kappa shape index (κ2) is 4.53. The Kier molecular flexibility index (Phi) is 3.08. The van der Waals surface area contributed by atoms with Gasteiger partial charge in [0.05, 0.1) is 5.69 Å². The van der Waals surface area contributed by atoms with E-state index >= 15 is 0 Å². The molecule has 1 aliphatic rings. The second-order valence-electron chi connectivity index (χ2n) is 3.97. The Morgan fingerprint density at radius 3 is 2.24 bits per heavy atom. The van der Waals surface area contributed by atoms with Gasteiger partial charge in [0.2, 0.25) is 11.8 Å². The molecule has 90 valence electrons. The molecule has 0 saturated carbocycles. The van der Waals surface area contributed by atoms with Crippen LogP contribution in [0.3, 0.4) is 0 Å². The molecule has 0 radical (unpaired) electrons. The first-order valence-electron chi connectivity index (χ1n) is 5.44. The lowest BCUT2D eigenvalue weighted by Gasteiger charge is -2.19. The molecule has 0 unspecified atom stereocenters. The van der Waals surface area contributed by atoms with Gasteiger partial charge in [0.1, 0.15) is 5.75 Å². The third kappa shape index (κ3) is 2.27. The molecule has 0 aromatic heterocycles. The topological polar surface area (TPSA) is 57.6 Å². The van der Waals surface area contributed by atoms with Crippen LogP contribution in [0.4, 0.5) is 10.1 Å². The van der Waals surface area contributed by atoms with Crippen LogP contribution in [0, 0.1) is 5.82 Å². The summed E-state index contributed by atoms with van der Waals surface area (Å²) in [5.41, 5.74) is -0.0836. The molecule has 0 bridgehead atoms. The molecule has 1 heterocycles. The predicted molar refractivity (Wildman–Crippen MR) is 59.0 cm³/mol. The van der Waals surface area contributed by atoms with Crippen molar-refractivity contribution < 1.29 is 19.1 Å². The van der Waals surface area contributed by atoms with E-state index in [1.165, 1.54) is 12.1 Å². The monoisotopic (exact) mass is 237 g/mol. The van der Waals surface area contributed by atoms with Crippen LogP contribution < -0.4 is 4.90 Å². The van der Waals surface area contributed by atoms with Gasteiger partial charge in [-0.2, -0.15) is 0 Å². The van der Waals surface area contributed by atoms with E-state index in [0.29, 0.717) is 12.8 Å². The highest BCUT2D eigenvalue weighted by Gasteiger charge is 2.27. The molecule has 1 saturated heterocycles. The summed E-state index contributed by atoms with van der Waals surface area (Å²) in [5.74, 6) is -1.79. The van der Waals surface area contributed by atoms with Gasteiger partial charge >= 0.3 is 0 Å². The van der Waals surface area contributed by atoms with Gasteiger partial charge in [-0.3, -0.25) is 9.59 Å². The smallest absolute Gasteiger partial charge is 0.233 e. The minimum absolute atomic E-state index is 0.0836. The van der Waals surface area contributed by atoms with Crippen LogP contribution in [0.1, 0.15) is 25.7 Å². The minimum atomic E-state index is -0.770. The lowest BCUT2D eigenvalue weighted by molar-refractivity contribution is -0.125. The average Bonchev–Trinajstić information content (AvgIpc) is 2.42.